The van der Waals surface area contributed by atoms with Crippen LogP contribution >= 0.6 is 11.8 Å². The number of piperazine rings is 1. The van der Waals surface area contributed by atoms with Gasteiger partial charge in [-0.1, -0.05) is 6.07 Å². The summed E-state index contributed by atoms with van der Waals surface area (Å²) in [6.45, 7) is 1.45. The molecule has 1 aromatic carbocycles. The summed E-state index contributed by atoms with van der Waals surface area (Å²) in [6, 6.07) is 12.2. The van der Waals surface area contributed by atoms with E-state index in [1.807, 2.05) is 18.2 Å². The van der Waals surface area contributed by atoms with Gasteiger partial charge >= 0.3 is 0 Å². The molecule has 1 aliphatic rings. The van der Waals surface area contributed by atoms with E-state index in [1.165, 1.54) is 11.4 Å². The number of benzene rings is 1. The number of sulfonamides is 1. The van der Waals surface area contributed by atoms with Crippen molar-refractivity contribution in [2.24, 2.45) is 0 Å². The van der Waals surface area contributed by atoms with Crippen LogP contribution in [0, 0.1) is 0 Å². The number of carbonyl (C=O) groups is 1. The molecule has 3 rings (SSSR count). The first-order valence-electron chi connectivity index (χ1n) is 9.40. The second-order valence-electron chi connectivity index (χ2n) is 6.58. The Bertz CT molecular complexity index is 897. The van der Waals surface area contributed by atoms with Gasteiger partial charge in [-0.2, -0.15) is 16.1 Å². The van der Waals surface area contributed by atoms with Gasteiger partial charge in [-0.15, -0.1) is 0 Å². The van der Waals surface area contributed by atoms with Gasteiger partial charge in [-0.3, -0.25) is 9.78 Å². The third kappa shape index (κ3) is 5.71. The molecule has 0 spiro atoms. The van der Waals surface area contributed by atoms with Crippen LogP contribution in [0.15, 0.2) is 53.6 Å². The molecule has 2 heterocycles. The molecule has 1 amide bonds. The molecule has 0 radical (unpaired) electrons. The molecule has 0 saturated carbocycles. The lowest BCUT2D eigenvalue weighted by molar-refractivity contribution is -0.131. The highest BCUT2D eigenvalue weighted by molar-refractivity contribution is 7.98. The fourth-order valence-electron chi connectivity index (χ4n) is 3.05. The number of hydrogen-bond acceptors (Lipinski definition) is 6. The minimum absolute atomic E-state index is 0.0695. The fraction of sp³-hybridized carbons (Fsp3) is 0.400. The molecular weight excluding hydrogens is 410 g/mol. The maximum atomic E-state index is 12.8. The van der Waals surface area contributed by atoms with E-state index in [4.69, 9.17) is 4.74 Å². The van der Waals surface area contributed by atoms with E-state index < -0.39 is 10.0 Å². The van der Waals surface area contributed by atoms with Crippen LogP contribution in [0.4, 0.5) is 0 Å². The van der Waals surface area contributed by atoms with Crippen LogP contribution < -0.4 is 4.74 Å². The molecule has 0 bridgehead atoms. The van der Waals surface area contributed by atoms with Crippen LogP contribution in [0.1, 0.15) is 12.1 Å². The van der Waals surface area contributed by atoms with E-state index >= 15 is 0 Å². The van der Waals surface area contributed by atoms with E-state index in [9.17, 15) is 13.2 Å². The topological polar surface area (TPSA) is 79.8 Å². The summed E-state index contributed by atoms with van der Waals surface area (Å²) in [5.41, 5.74) is 1.00. The monoisotopic (exact) mass is 435 g/mol. The number of amides is 1. The summed E-state index contributed by atoms with van der Waals surface area (Å²) in [5, 5.41) is 0. The van der Waals surface area contributed by atoms with Crippen LogP contribution in [0.3, 0.4) is 0 Å². The van der Waals surface area contributed by atoms with Crippen LogP contribution in [-0.2, 0) is 20.6 Å². The second-order valence-corrected chi connectivity index (χ2v) is 9.63. The molecule has 1 fully saturated rings. The minimum atomic E-state index is -3.56. The number of hydrogen-bond donors (Lipinski definition) is 0. The highest BCUT2D eigenvalue weighted by atomic mass is 32.2. The van der Waals surface area contributed by atoms with E-state index in [1.54, 1.807) is 47.1 Å². The van der Waals surface area contributed by atoms with E-state index in [-0.39, 0.29) is 10.8 Å². The lowest BCUT2D eigenvalue weighted by Gasteiger charge is -2.34. The number of aromatic nitrogens is 1. The van der Waals surface area contributed by atoms with Gasteiger partial charge in [0.05, 0.1) is 17.7 Å². The molecule has 2 aromatic rings. The number of carbonyl (C=O) groups excluding carboxylic acids is 1. The van der Waals surface area contributed by atoms with Gasteiger partial charge in [0.2, 0.25) is 15.9 Å². The zero-order chi connectivity index (χ0) is 20.7. The maximum absolute atomic E-state index is 12.8. The zero-order valence-corrected chi connectivity index (χ0v) is 18.0. The third-order valence-corrected chi connectivity index (χ3v) is 7.63. The Balaban J connectivity index is 1.44. The second kappa shape index (κ2) is 10.1. The largest absolute Gasteiger partial charge is 0.497 e. The van der Waals surface area contributed by atoms with E-state index in [0.29, 0.717) is 38.3 Å². The van der Waals surface area contributed by atoms with E-state index in [0.717, 1.165) is 17.2 Å². The molecule has 0 N–H and O–H groups in total. The van der Waals surface area contributed by atoms with Crippen molar-refractivity contribution in [3.05, 3.63) is 54.4 Å². The Kier molecular flexibility index (Phi) is 7.51. The Morgan fingerprint density at radius 2 is 1.83 bits per heavy atom. The smallest absolute Gasteiger partial charge is 0.243 e. The number of pyridine rings is 1. The number of rotatable bonds is 8. The van der Waals surface area contributed by atoms with Crippen molar-refractivity contribution in [3.63, 3.8) is 0 Å². The summed E-state index contributed by atoms with van der Waals surface area (Å²) in [7, 11) is -2.02. The van der Waals surface area contributed by atoms with Gasteiger partial charge in [0.1, 0.15) is 5.75 Å². The predicted molar refractivity (Wildman–Crippen MR) is 113 cm³/mol. The van der Waals surface area contributed by atoms with Crippen molar-refractivity contribution in [2.45, 2.75) is 17.1 Å². The molecule has 1 aromatic heterocycles. The molecule has 1 saturated heterocycles. The van der Waals surface area contributed by atoms with E-state index in [2.05, 4.69) is 4.98 Å². The lowest BCUT2D eigenvalue weighted by atomic mass is 10.3. The van der Waals surface area contributed by atoms with Crippen LogP contribution in [0.5, 0.6) is 5.75 Å². The first-order chi connectivity index (χ1) is 14.0. The minimum Gasteiger partial charge on any atom is -0.497 e. The Labute approximate surface area is 176 Å². The van der Waals surface area contributed by atoms with Crippen molar-refractivity contribution in [1.82, 2.24) is 14.2 Å². The normalized spacial score (nSPS) is 15.3. The quantitative estimate of drug-likeness (QED) is 0.592. The van der Waals surface area contributed by atoms with Gasteiger partial charge in [-0.25, -0.2) is 8.42 Å². The van der Waals surface area contributed by atoms with Crippen LogP contribution in [0.2, 0.25) is 0 Å². The summed E-state index contributed by atoms with van der Waals surface area (Å²) in [6.07, 6.45) is 2.21. The van der Waals surface area contributed by atoms with Crippen LogP contribution in [0.25, 0.3) is 0 Å². The number of nitrogens with zero attached hydrogens (tertiary/aromatic N) is 3. The highest BCUT2D eigenvalue weighted by Gasteiger charge is 2.29. The molecule has 7 nitrogen and oxygen atoms in total. The van der Waals surface area contributed by atoms with Crippen molar-refractivity contribution in [3.8, 4) is 5.75 Å². The molecule has 29 heavy (non-hydrogen) atoms. The summed E-state index contributed by atoms with van der Waals surface area (Å²) < 4.78 is 32.1. The van der Waals surface area contributed by atoms with Gasteiger partial charge in [-0.05, 0) is 36.4 Å². The van der Waals surface area contributed by atoms with Crippen molar-refractivity contribution in [1.29, 1.82) is 0 Å². The number of ether oxygens (including phenoxy) is 1. The standard InChI is InChI=1S/C20H25N3O4S2/c1-27-18-5-7-19(8-6-18)29(25,26)23-13-11-22(12-14-23)20(24)9-15-28-16-17-4-2-3-10-21-17/h2-8,10H,9,11-16H2,1H3. The maximum Gasteiger partial charge on any atom is 0.243 e. The molecule has 156 valence electrons. The Morgan fingerprint density at radius 3 is 2.45 bits per heavy atom. The zero-order valence-electron chi connectivity index (χ0n) is 16.4. The Morgan fingerprint density at radius 1 is 1.10 bits per heavy atom. The molecule has 0 aliphatic carbocycles. The van der Waals surface area contributed by atoms with Gasteiger partial charge < -0.3 is 9.64 Å². The molecule has 9 heteroatoms. The molecule has 0 unspecified atom stereocenters. The lowest BCUT2D eigenvalue weighted by Crippen LogP contribution is -2.50. The third-order valence-electron chi connectivity index (χ3n) is 4.72. The Hall–Kier alpha value is -2.10. The summed E-state index contributed by atoms with van der Waals surface area (Å²) in [4.78, 5) is 18.7. The average Bonchev–Trinajstić information content (AvgIpc) is 2.77. The van der Waals surface area contributed by atoms with Gasteiger partial charge in [0.15, 0.2) is 0 Å². The van der Waals surface area contributed by atoms with Crippen LogP contribution in [-0.4, -0.2) is 67.6 Å². The fourth-order valence-corrected chi connectivity index (χ4v) is 5.32. The molecule has 1 aliphatic heterocycles. The first kappa shape index (κ1) is 21.6. The van der Waals surface area contributed by atoms with Crippen molar-refractivity contribution < 1.29 is 17.9 Å². The summed E-state index contributed by atoms with van der Waals surface area (Å²) >= 11 is 1.68. The number of methoxy groups -OCH3 is 1. The molecule has 0 atom stereocenters. The van der Waals surface area contributed by atoms with Gasteiger partial charge in [0.25, 0.3) is 0 Å². The van der Waals surface area contributed by atoms with Gasteiger partial charge in [0, 0.05) is 50.3 Å². The highest BCUT2D eigenvalue weighted by Crippen LogP contribution is 2.21. The summed E-state index contributed by atoms with van der Waals surface area (Å²) in [5.74, 6) is 2.18. The van der Waals surface area contributed by atoms with Crippen molar-refractivity contribution >= 4 is 27.7 Å². The molecular formula is C20H25N3O4S2. The first-order valence-corrected chi connectivity index (χ1v) is 12.0. The van der Waals surface area contributed by atoms with Crippen molar-refractivity contribution in [2.75, 3.05) is 39.0 Å². The SMILES string of the molecule is COc1ccc(S(=O)(=O)N2CCN(C(=O)CCSCc3ccccn3)CC2)cc1. The predicted octanol–water partition coefficient (Wildman–Crippen LogP) is 2.25. The number of thioether (sulfide) groups is 1. The average molecular weight is 436 g/mol.